The fourth-order valence-corrected chi connectivity index (χ4v) is 1.37. The Morgan fingerprint density at radius 3 is 2.76 bits per heavy atom. The van der Waals surface area contributed by atoms with Crippen molar-refractivity contribution >= 4 is 11.7 Å². The molecule has 0 amide bonds. The van der Waals surface area contributed by atoms with Crippen molar-refractivity contribution in [3.8, 4) is 0 Å². The number of ether oxygens (including phenoxy) is 1. The van der Waals surface area contributed by atoms with Crippen LogP contribution in [0.25, 0.3) is 0 Å². The Kier molecular flexibility index (Phi) is 4.52. The number of anilines is 1. The maximum atomic E-state index is 10.8. The number of nitrogens with one attached hydrogen (secondary N) is 1. The third-order valence-electron chi connectivity index (χ3n) is 2.72. The minimum atomic E-state index is -0.911. The minimum absolute atomic E-state index is 0.169. The maximum Gasteiger partial charge on any atom is 0.335 e. The van der Waals surface area contributed by atoms with Crippen molar-refractivity contribution in [2.45, 2.75) is 25.9 Å². The van der Waals surface area contributed by atoms with Crippen molar-refractivity contribution in [2.75, 3.05) is 19.0 Å². The molecule has 0 bridgehead atoms. The molecule has 0 aliphatic rings. The predicted octanol–water partition coefficient (Wildman–Crippen LogP) is 2.61. The Labute approximate surface area is 102 Å². The number of rotatable bonds is 6. The molecule has 0 aromatic heterocycles. The number of carbonyl (C=O) groups is 1. The van der Waals surface area contributed by atoms with Gasteiger partial charge in [-0.25, -0.2) is 4.79 Å². The highest BCUT2D eigenvalue weighted by Gasteiger charge is 2.15. The van der Waals surface area contributed by atoms with Gasteiger partial charge < -0.3 is 15.2 Å². The van der Waals surface area contributed by atoms with Gasteiger partial charge in [-0.1, -0.05) is 6.07 Å². The highest BCUT2D eigenvalue weighted by atomic mass is 16.5. The van der Waals surface area contributed by atoms with Gasteiger partial charge in [0.25, 0.3) is 0 Å². The van der Waals surface area contributed by atoms with Crippen molar-refractivity contribution < 1.29 is 14.6 Å². The minimum Gasteiger partial charge on any atom is -0.478 e. The maximum absolute atomic E-state index is 10.8. The van der Waals surface area contributed by atoms with Crippen LogP contribution in [-0.2, 0) is 4.74 Å². The SMILES string of the molecule is COC(C)(C)CCNc1cccc(C(=O)O)c1. The molecular formula is C13H19NO3. The standard InChI is InChI=1S/C13H19NO3/c1-13(2,17-3)7-8-14-11-6-4-5-10(9-11)12(15)16/h4-6,9,14H,7-8H2,1-3H3,(H,15,16). The molecule has 4 nitrogen and oxygen atoms in total. The predicted molar refractivity (Wildman–Crippen MR) is 67.6 cm³/mol. The van der Waals surface area contributed by atoms with E-state index in [1.807, 2.05) is 19.9 Å². The van der Waals surface area contributed by atoms with E-state index >= 15 is 0 Å². The summed E-state index contributed by atoms with van der Waals surface area (Å²) in [5.74, 6) is -0.911. The molecule has 1 rings (SSSR count). The molecule has 1 aromatic carbocycles. The molecule has 0 heterocycles. The number of benzene rings is 1. The second-order valence-electron chi connectivity index (χ2n) is 4.53. The first-order valence-electron chi connectivity index (χ1n) is 5.57. The van der Waals surface area contributed by atoms with Gasteiger partial charge in [0.1, 0.15) is 0 Å². The summed E-state index contributed by atoms with van der Waals surface area (Å²) in [6.07, 6.45) is 0.848. The Morgan fingerprint density at radius 2 is 2.18 bits per heavy atom. The van der Waals surface area contributed by atoms with E-state index in [0.29, 0.717) is 5.56 Å². The van der Waals surface area contributed by atoms with Crippen LogP contribution in [0.2, 0.25) is 0 Å². The van der Waals surface area contributed by atoms with Gasteiger partial charge in [0, 0.05) is 19.3 Å². The molecule has 0 saturated heterocycles. The molecule has 4 heteroatoms. The van der Waals surface area contributed by atoms with E-state index in [1.165, 1.54) is 0 Å². The van der Waals surface area contributed by atoms with Crippen molar-refractivity contribution in [2.24, 2.45) is 0 Å². The van der Waals surface area contributed by atoms with E-state index in [0.717, 1.165) is 18.7 Å². The molecular weight excluding hydrogens is 218 g/mol. The lowest BCUT2D eigenvalue weighted by Gasteiger charge is -2.23. The largest absolute Gasteiger partial charge is 0.478 e. The first kappa shape index (κ1) is 13.5. The second-order valence-corrected chi connectivity index (χ2v) is 4.53. The fourth-order valence-electron chi connectivity index (χ4n) is 1.37. The zero-order valence-corrected chi connectivity index (χ0v) is 10.5. The molecule has 0 aliphatic carbocycles. The monoisotopic (exact) mass is 237 g/mol. The number of methoxy groups -OCH3 is 1. The van der Waals surface area contributed by atoms with Crippen LogP contribution in [0.4, 0.5) is 5.69 Å². The van der Waals surface area contributed by atoms with Crippen LogP contribution in [0.15, 0.2) is 24.3 Å². The summed E-state index contributed by atoms with van der Waals surface area (Å²) in [5, 5.41) is 12.0. The summed E-state index contributed by atoms with van der Waals surface area (Å²) in [7, 11) is 1.69. The molecule has 2 N–H and O–H groups in total. The molecule has 0 aliphatic heterocycles. The zero-order valence-electron chi connectivity index (χ0n) is 10.5. The van der Waals surface area contributed by atoms with Crippen LogP contribution in [0.5, 0.6) is 0 Å². The Bertz CT molecular complexity index is 388. The van der Waals surface area contributed by atoms with Crippen LogP contribution in [0, 0.1) is 0 Å². The number of carboxylic acid groups (broad SMARTS) is 1. The Balaban J connectivity index is 2.52. The highest BCUT2D eigenvalue weighted by Crippen LogP contribution is 2.15. The van der Waals surface area contributed by atoms with Crippen molar-refractivity contribution in [3.05, 3.63) is 29.8 Å². The van der Waals surface area contributed by atoms with Gasteiger partial charge >= 0.3 is 5.97 Å². The first-order valence-corrected chi connectivity index (χ1v) is 5.57. The lowest BCUT2D eigenvalue weighted by molar-refractivity contribution is 0.0185. The quantitative estimate of drug-likeness (QED) is 0.798. The van der Waals surface area contributed by atoms with E-state index in [1.54, 1.807) is 25.3 Å². The molecule has 0 radical (unpaired) electrons. The van der Waals surface area contributed by atoms with Gasteiger partial charge in [-0.05, 0) is 38.5 Å². The smallest absolute Gasteiger partial charge is 0.335 e. The summed E-state index contributed by atoms with van der Waals surface area (Å²) in [4.78, 5) is 10.8. The van der Waals surface area contributed by atoms with Crippen molar-refractivity contribution in [3.63, 3.8) is 0 Å². The summed E-state index contributed by atoms with van der Waals surface area (Å²) in [6, 6.07) is 6.79. The summed E-state index contributed by atoms with van der Waals surface area (Å²) in [6.45, 7) is 4.77. The summed E-state index contributed by atoms with van der Waals surface area (Å²) >= 11 is 0. The topological polar surface area (TPSA) is 58.6 Å². The molecule has 0 fully saturated rings. The Morgan fingerprint density at radius 1 is 1.47 bits per heavy atom. The van der Waals surface area contributed by atoms with Crippen molar-refractivity contribution in [1.29, 1.82) is 0 Å². The van der Waals surface area contributed by atoms with Crippen LogP contribution >= 0.6 is 0 Å². The third-order valence-corrected chi connectivity index (χ3v) is 2.72. The van der Waals surface area contributed by atoms with E-state index in [-0.39, 0.29) is 5.60 Å². The molecule has 17 heavy (non-hydrogen) atoms. The van der Waals surface area contributed by atoms with Crippen LogP contribution in [0.1, 0.15) is 30.6 Å². The molecule has 0 spiro atoms. The molecule has 0 unspecified atom stereocenters. The lowest BCUT2D eigenvalue weighted by atomic mass is 10.1. The van der Waals surface area contributed by atoms with E-state index < -0.39 is 5.97 Å². The third kappa shape index (κ3) is 4.44. The number of carboxylic acids is 1. The van der Waals surface area contributed by atoms with E-state index in [9.17, 15) is 4.79 Å². The fraction of sp³-hybridized carbons (Fsp3) is 0.462. The average Bonchev–Trinajstić information content (AvgIpc) is 2.29. The van der Waals surface area contributed by atoms with Crippen molar-refractivity contribution in [1.82, 2.24) is 0 Å². The normalized spacial score (nSPS) is 11.2. The Hall–Kier alpha value is -1.55. The van der Waals surface area contributed by atoms with Gasteiger partial charge in [-0.3, -0.25) is 0 Å². The molecule has 1 aromatic rings. The van der Waals surface area contributed by atoms with Gasteiger partial charge in [0.2, 0.25) is 0 Å². The van der Waals surface area contributed by atoms with Crippen LogP contribution < -0.4 is 5.32 Å². The van der Waals surface area contributed by atoms with Crippen LogP contribution in [-0.4, -0.2) is 30.3 Å². The van der Waals surface area contributed by atoms with E-state index in [2.05, 4.69) is 5.32 Å². The molecule has 94 valence electrons. The lowest BCUT2D eigenvalue weighted by Crippen LogP contribution is -2.25. The van der Waals surface area contributed by atoms with E-state index in [4.69, 9.17) is 9.84 Å². The molecule has 0 saturated carbocycles. The van der Waals surface area contributed by atoms with Crippen LogP contribution in [0.3, 0.4) is 0 Å². The number of aromatic carboxylic acids is 1. The number of hydrogen-bond donors (Lipinski definition) is 2. The summed E-state index contributed by atoms with van der Waals surface area (Å²) in [5.41, 5.74) is 0.940. The van der Waals surface area contributed by atoms with Gasteiger partial charge in [-0.2, -0.15) is 0 Å². The number of hydrogen-bond acceptors (Lipinski definition) is 3. The first-order chi connectivity index (χ1) is 7.94. The van der Waals surface area contributed by atoms with Gasteiger partial charge in [-0.15, -0.1) is 0 Å². The summed E-state index contributed by atoms with van der Waals surface area (Å²) < 4.78 is 5.30. The zero-order chi connectivity index (χ0) is 12.9. The average molecular weight is 237 g/mol. The highest BCUT2D eigenvalue weighted by molar-refractivity contribution is 5.88. The van der Waals surface area contributed by atoms with Gasteiger partial charge in [0.15, 0.2) is 0 Å². The molecule has 0 atom stereocenters. The second kappa shape index (κ2) is 5.68. The van der Waals surface area contributed by atoms with Gasteiger partial charge in [0.05, 0.1) is 11.2 Å².